The van der Waals surface area contributed by atoms with Gasteiger partial charge in [0.15, 0.2) is 5.78 Å². The van der Waals surface area contributed by atoms with E-state index >= 15 is 0 Å². The first-order chi connectivity index (χ1) is 12.3. The van der Waals surface area contributed by atoms with Crippen LogP contribution < -0.4 is 5.48 Å². The minimum Gasteiger partial charge on any atom is -0.393 e. The van der Waals surface area contributed by atoms with Crippen molar-refractivity contribution in [3.8, 4) is 0 Å². The molecule has 3 saturated carbocycles. The van der Waals surface area contributed by atoms with Crippen molar-refractivity contribution in [3.05, 3.63) is 11.6 Å². The highest BCUT2D eigenvalue weighted by Gasteiger charge is 2.60. The number of hydroxylamine groups is 1. The summed E-state index contributed by atoms with van der Waals surface area (Å²) in [4.78, 5) is 24.2. The smallest absolute Gasteiger partial charge is 0.243 e. The molecule has 0 aromatic carbocycles. The molecule has 26 heavy (non-hydrogen) atoms. The molecule has 0 aromatic rings. The van der Waals surface area contributed by atoms with Gasteiger partial charge >= 0.3 is 0 Å². The number of nitrogens with one attached hydrogen (secondary N) is 1. The summed E-state index contributed by atoms with van der Waals surface area (Å²) in [7, 11) is 0. The van der Waals surface area contributed by atoms with Gasteiger partial charge in [-0.05, 0) is 79.1 Å². The molecule has 4 aliphatic carbocycles. The molecule has 0 aliphatic heterocycles. The van der Waals surface area contributed by atoms with E-state index in [1.165, 1.54) is 5.57 Å². The van der Waals surface area contributed by atoms with Crippen molar-refractivity contribution in [2.24, 2.45) is 34.5 Å². The van der Waals surface area contributed by atoms with Crippen molar-refractivity contribution in [1.82, 2.24) is 5.48 Å². The van der Waals surface area contributed by atoms with E-state index in [0.29, 0.717) is 24.2 Å². The van der Waals surface area contributed by atoms with Crippen LogP contribution >= 0.6 is 0 Å². The summed E-state index contributed by atoms with van der Waals surface area (Å²) in [6.45, 7) is 4.52. The number of rotatable bonds is 2. The number of fused-ring (bicyclic) bond motifs is 5. The zero-order valence-corrected chi connectivity index (χ0v) is 15.8. The molecule has 4 aliphatic rings. The van der Waals surface area contributed by atoms with Crippen molar-refractivity contribution in [2.75, 3.05) is 0 Å². The number of amides is 1. The van der Waals surface area contributed by atoms with Crippen molar-refractivity contribution < 1.29 is 19.9 Å². The Bertz CT molecular complexity index is 658. The predicted octanol–water partition coefficient (Wildman–Crippen LogP) is 3.00. The predicted molar refractivity (Wildman–Crippen MR) is 96.1 cm³/mol. The van der Waals surface area contributed by atoms with Gasteiger partial charge in [-0.2, -0.15) is 0 Å². The van der Waals surface area contributed by atoms with E-state index in [9.17, 15) is 14.7 Å². The minimum atomic E-state index is -0.399. The quantitative estimate of drug-likeness (QED) is 0.521. The van der Waals surface area contributed by atoms with Gasteiger partial charge in [0, 0.05) is 12.8 Å². The Morgan fingerprint density at radius 3 is 2.73 bits per heavy atom. The zero-order valence-electron chi connectivity index (χ0n) is 15.8. The highest BCUT2D eigenvalue weighted by atomic mass is 16.5. The molecule has 4 rings (SSSR count). The maximum Gasteiger partial charge on any atom is 0.243 e. The summed E-state index contributed by atoms with van der Waals surface area (Å²) in [5.74, 6) is 1.22. The standard InChI is InChI=1S/C21H31NO4/c1-20-8-7-17-15(16(20)5-6-18(20)24)4-3-12-9-14(23)10-13(21(12,17)2)11-19(25)22-26/h9,13,15-18,24,26H,3-8,10-11H2,1-2H3,(H,22,25)/t13?,15-,16-,17-,18-,20-,21+/m0/s1. The van der Waals surface area contributed by atoms with E-state index < -0.39 is 5.91 Å². The normalized spacial score (nSPS) is 47.5. The highest BCUT2D eigenvalue weighted by Crippen LogP contribution is 2.66. The van der Waals surface area contributed by atoms with Crippen molar-refractivity contribution in [1.29, 1.82) is 0 Å². The molecule has 0 saturated heterocycles. The second-order valence-corrected chi connectivity index (χ2v) is 9.61. The number of aliphatic hydroxyl groups is 1. The lowest BCUT2D eigenvalue weighted by Crippen LogP contribution is -2.54. The highest BCUT2D eigenvalue weighted by molar-refractivity contribution is 5.92. The maximum absolute atomic E-state index is 12.3. The molecular formula is C21H31NO4. The van der Waals surface area contributed by atoms with Gasteiger partial charge in [-0.3, -0.25) is 14.8 Å². The first-order valence-electron chi connectivity index (χ1n) is 10.2. The molecule has 3 fully saturated rings. The van der Waals surface area contributed by atoms with Gasteiger partial charge < -0.3 is 5.11 Å². The van der Waals surface area contributed by atoms with Gasteiger partial charge in [-0.25, -0.2) is 5.48 Å². The third-order valence-electron chi connectivity index (χ3n) is 8.78. The Morgan fingerprint density at radius 2 is 2.00 bits per heavy atom. The Kier molecular flexibility index (Phi) is 4.31. The van der Waals surface area contributed by atoms with Crippen LogP contribution in [0.5, 0.6) is 0 Å². The van der Waals surface area contributed by atoms with E-state index in [1.807, 2.05) is 6.08 Å². The molecule has 0 bridgehead atoms. The molecular weight excluding hydrogens is 330 g/mol. The van der Waals surface area contributed by atoms with Gasteiger partial charge in [0.25, 0.3) is 0 Å². The van der Waals surface area contributed by atoms with Crippen LogP contribution in [0.4, 0.5) is 0 Å². The van der Waals surface area contributed by atoms with Crippen LogP contribution in [0.15, 0.2) is 11.6 Å². The monoisotopic (exact) mass is 361 g/mol. The van der Waals surface area contributed by atoms with Crippen LogP contribution in [0.2, 0.25) is 0 Å². The third kappa shape index (κ3) is 2.43. The fourth-order valence-corrected chi connectivity index (χ4v) is 7.29. The van der Waals surface area contributed by atoms with Gasteiger partial charge in [0.1, 0.15) is 0 Å². The molecule has 3 N–H and O–H groups in total. The molecule has 0 radical (unpaired) electrons. The number of hydrogen-bond donors (Lipinski definition) is 3. The maximum atomic E-state index is 12.3. The molecule has 1 amide bonds. The second kappa shape index (κ2) is 6.16. The molecule has 0 spiro atoms. The minimum absolute atomic E-state index is 0.0290. The summed E-state index contributed by atoms with van der Waals surface area (Å²) in [5, 5.41) is 19.6. The number of aliphatic hydroxyl groups excluding tert-OH is 1. The average molecular weight is 361 g/mol. The van der Waals surface area contributed by atoms with Crippen LogP contribution in [0, 0.1) is 34.5 Å². The lowest BCUT2D eigenvalue weighted by atomic mass is 9.45. The second-order valence-electron chi connectivity index (χ2n) is 9.61. The number of carbonyl (C=O) groups excluding carboxylic acids is 2. The van der Waals surface area contributed by atoms with E-state index in [1.54, 1.807) is 5.48 Å². The van der Waals surface area contributed by atoms with E-state index in [2.05, 4.69) is 13.8 Å². The van der Waals surface area contributed by atoms with Crippen LogP contribution in [0.25, 0.3) is 0 Å². The Labute approximate surface area is 155 Å². The molecule has 144 valence electrons. The molecule has 7 atom stereocenters. The Hall–Kier alpha value is -1.20. The molecule has 5 nitrogen and oxygen atoms in total. The summed E-state index contributed by atoms with van der Waals surface area (Å²) < 4.78 is 0. The fourth-order valence-electron chi connectivity index (χ4n) is 7.29. The number of hydrogen-bond acceptors (Lipinski definition) is 4. The SMILES string of the molecule is C[C@]12CC[C@H]3[C@@H](CCC4=CC(=O)CC(CC(=O)NO)[C@@]43C)[C@@H]1CC[C@@H]2O. The first kappa shape index (κ1) is 18.2. The first-order valence-corrected chi connectivity index (χ1v) is 10.2. The molecule has 1 unspecified atom stereocenters. The summed E-state index contributed by atoms with van der Waals surface area (Å²) >= 11 is 0. The van der Waals surface area contributed by atoms with Crippen molar-refractivity contribution in [2.45, 2.75) is 71.3 Å². The van der Waals surface area contributed by atoms with Crippen LogP contribution in [0.1, 0.15) is 65.2 Å². The van der Waals surface area contributed by atoms with Crippen molar-refractivity contribution >= 4 is 11.7 Å². The Balaban J connectivity index is 1.70. The largest absolute Gasteiger partial charge is 0.393 e. The van der Waals surface area contributed by atoms with E-state index in [0.717, 1.165) is 38.5 Å². The third-order valence-corrected chi connectivity index (χ3v) is 8.78. The number of allylic oxidation sites excluding steroid dienone is 1. The van der Waals surface area contributed by atoms with Gasteiger partial charge in [0.2, 0.25) is 5.91 Å². The molecule has 5 heteroatoms. The summed E-state index contributed by atoms with van der Waals surface area (Å²) in [6.07, 6.45) is 8.32. The summed E-state index contributed by atoms with van der Waals surface area (Å²) in [6, 6.07) is 0. The number of carbonyl (C=O) groups is 2. The lowest BCUT2D eigenvalue weighted by molar-refractivity contribution is -0.135. The molecule has 0 heterocycles. The lowest BCUT2D eigenvalue weighted by Gasteiger charge is -2.59. The van der Waals surface area contributed by atoms with Crippen molar-refractivity contribution in [3.63, 3.8) is 0 Å². The fraction of sp³-hybridized carbons (Fsp3) is 0.810. The average Bonchev–Trinajstić information content (AvgIpc) is 2.91. The van der Waals surface area contributed by atoms with Gasteiger partial charge in [-0.1, -0.05) is 19.4 Å². The van der Waals surface area contributed by atoms with E-state index in [4.69, 9.17) is 5.21 Å². The van der Waals surface area contributed by atoms with Crippen LogP contribution in [0.3, 0.4) is 0 Å². The Morgan fingerprint density at radius 1 is 1.23 bits per heavy atom. The zero-order chi connectivity index (χ0) is 18.7. The topological polar surface area (TPSA) is 86.6 Å². The molecule has 0 aromatic heterocycles. The van der Waals surface area contributed by atoms with Crippen LogP contribution in [-0.2, 0) is 9.59 Å². The number of ketones is 1. The van der Waals surface area contributed by atoms with Gasteiger partial charge in [-0.15, -0.1) is 0 Å². The summed E-state index contributed by atoms with van der Waals surface area (Å²) in [5.41, 5.74) is 2.85. The van der Waals surface area contributed by atoms with E-state index in [-0.39, 0.29) is 35.1 Å². The van der Waals surface area contributed by atoms with Gasteiger partial charge in [0.05, 0.1) is 6.10 Å². The van der Waals surface area contributed by atoms with Crippen LogP contribution in [-0.4, -0.2) is 28.1 Å².